The average molecular weight is 405 g/mol. The van der Waals surface area contributed by atoms with Crippen LogP contribution in [0.3, 0.4) is 0 Å². The molecule has 0 saturated carbocycles. The van der Waals surface area contributed by atoms with Gasteiger partial charge in [-0.1, -0.05) is 0 Å². The van der Waals surface area contributed by atoms with Gasteiger partial charge in [-0.2, -0.15) is 17.9 Å². The van der Waals surface area contributed by atoms with Gasteiger partial charge >= 0.3 is 6.18 Å². The Kier molecular flexibility index (Phi) is 5.22. The summed E-state index contributed by atoms with van der Waals surface area (Å²) in [5.74, 6) is -0.809. The fourth-order valence-electron chi connectivity index (χ4n) is 2.42. The van der Waals surface area contributed by atoms with Crippen LogP contribution in [0, 0.1) is 0 Å². The summed E-state index contributed by atoms with van der Waals surface area (Å²) >= 11 is 0. The molecule has 0 bridgehead atoms. The van der Waals surface area contributed by atoms with Crippen LogP contribution >= 0.6 is 0 Å². The number of nitrogens with one attached hydrogen (secondary N) is 3. The summed E-state index contributed by atoms with van der Waals surface area (Å²) in [7, 11) is 0. The van der Waals surface area contributed by atoms with E-state index >= 15 is 0 Å². The second-order valence-corrected chi connectivity index (χ2v) is 5.94. The van der Waals surface area contributed by atoms with Gasteiger partial charge in [-0.3, -0.25) is 19.5 Å². The maximum absolute atomic E-state index is 12.6. The van der Waals surface area contributed by atoms with Gasteiger partial charge in [-0.25, -0.2) is 4.98 Å². The lowest BCUT2D eigenvalue weighted by Crippen LogP contribution is -2.20. The molecule has 0 atom stereocenters. The van der Waals surface area contributed by atoms with E-state index in [4.69, 9.17) is 0 Å². The molecule has 0 saturated heterocycles. The molecule has 0 fully saturated rings. The molecule has 0 radical (unpaired) electrons. The SMILES string of the molecule is CC(=O)Nc1c[nH]n(-c2ccc(C(=O)Nc3ccc(C(F)(F)F)cc3)cn2)c1=O. The standard InChI is InChI=1S/C18H14F3N5O3/c1-10(27)24-14-9-23-26(17(14)29)15-7-2-11(8-22-15)16(28)25-13-5-3-12(4-6-13)18(19,20)21/h2-9,23H,1H3,(H,24,27)(H,25,28). The van der Waals surface area contributed by atoms with E-state index in [1.807, 2.05) is 0 Å². The summed E-state index contributed by atoms with van der Waals surface area (Å²) < 4.78 is 38.8. The Bertz CT molecular complexity index is 1100. The first-order chi connectivity index (χ1) is 13.6. The zero-order valence-electron chi connectivity index (χ0n) is 14.9. The second-order valence-electron chi connectivity index (χ2n) is 5.94. The third kappa shape index (κ3) is 4.51. The third-order valence-corrected chi connectivity index (χ3v) is 3.79. The van der Waals surface area contributed by atoms with Crippen LogP contribution in [0.2, 0.25) is 0 Å². The first-order valence-electron chi connectivity index (χ1n) is 8.18. The molecule has 0 unspecified atom stereocenters. The van der Waals surface area contributed by atoms with Gasteiger partial charge in [0.1, 0.15) is 5.69 Å². The molecule has 2 aromatic heterocycles. The number of nitrogens with zero attached hydrogens (tertiary/aromatic N) is 2. The molecule has 29 heavy (non-hydrogen) atoms. The lowest BCUT2D eigenvalue weighted by atomic mass is 10.2. The summed E-state index contributed by atoms with van der Waals surface area (Å²) in [4.78, 5) is 39.5. The molecule has 11 heteroatoms. The summed E-state index contributed by atoms with van der Waals surface area (Å²) in [6.07, 6.45) is -1.95. The van der Waals surface area contributed by atoms with E-state index in [0.717, 1.165) is 28.9 Å². The van der Waals surface area contributed by atoms with E-state index < -0.39 is 29.1 Å². The van der Waals surface area contributed by atoms with Crippen molar-refractivity contribution in [3.63, 3.8) is 0 Å². The molecule has 2 heterocycles. The molecule has 0 aliphatic rings. The molecular formula is C18H14F3N5O3. The number of H-pyrrole nitrogens is 1. The number of rotatable bonds is 4. The van der Waals surface area contributed by atoms with E-state index in [1.54, 1.807) is 0 Å². The summed E-state index contributed by atoms with van der Waals surface area (Å²) in [6, 6.07) is 6.81. The molecule has 0 aliphatic carbocycles. The quantitative estimate of drug-likeness (QED) is 0.620. The average Bonchev–Trinajstić information content (AvgIpc) is 3.01. The number of aromatic amines is 1. The van der Waals surface area contributed by atoms with Crippen LogP contribution in [0.15, 0.2) is 53.6 Å². The predicted molar refractivity (Wildman–Crippen MR) is 97.9 cm³/mol. The van der Waals surface area contributed by atoms with Crippen molar-refractivity contribution < 1.29 is 22.8 Å². The Morgan fingerprint density at radius 1 is 1.07 bits per heavy atom. The number of pyridine rings is 1. The van der Waals surface area contributed by atoms with Crippen molar-refractivity contribution in [3.05, 3.63) is 70.3 Å². The Balaban J connectivity index is 1.73. The highest BCUT2D eigenvalue weighted by atomic mass is 19.4. The number of carbonyl (C=O) groups is 2. The number of carbonyl (C=O) groups excluding carboxylic acids is 2. The number of aromatic nitrogens is 3. The van der Waals surface area contributed by atoms with Gasteiger partial charge in [0.05, 0.1) is 11.1 Å². The predicted octanol–water partition coefficient (Wildman–Crippen LogP) is 2.79. The summed E-state index contributed by atoms with van der Waals surface area (Å²) in [5, 5.41) is 7.47. The Labute approximate surface area is 161 Å². The molecule has 3 N–H and O–H groups in total. The normalized spacial score (nSPS) is 11.2. The Morgan fingerprint density at radius 2 is 1.76 bits per heavy atom. The van der Waals surface area contributed by atoms with Crippen molar-refractivity contribution in [2.75, 3.05) is 10.6 Å². The maximum Gasteiger partial charge on any atom is 0.416 e. The van der Waals surface area contributed by atoms with Crippen LogP contribution in [0.4, 0.5) is 24.5 Å². The van der Waals surface area contributed by atoms with E-state index in [-0.39, 0.29) is 22.8 Å². The molecule has 3 aromatic rings. The van der Waals surface area contributed by atoms with E-state index in [2.05, 4.69) is 20.7 Å². The van der Waals surface area contributed by atoms with Gasteiger partial charge in [0.15, 0.2) is 5.82 Å². The number of halogens is 3. The highest BCUT2D eigenvalue weighted by Gasteiger charge is 2.30. The van der Waals surface area contributed by atoms with Crippen molar-refractivity contribution in [2.24, 2.45) is 0 Å². The molecule has 0 aliphatic heterocycles. The second kappa shape index (κ2) is 7.62. The van der Waals surface area contributed by atoms with Crippen molar-refractivity contribution in [1.29, 1.82) is 0 Å². The van der Waals surface area contributed by atoms with Crippen LogP contribution in [0.1, 0.15) is 22.8 Å². The molecular weight excluding hydrogens is 391 g/mol. The zero-order valence-corrected chi connectivity index (χ0v) is 14.9. The summed E-state index contributed by atoms with van der Waals surface area (Å²) in [6.45, 7) is 1.26. The minimum absolute atomic E-state index is 0.0448. The summed E-state index contributed by atoms with van der Waals surface area (Å²) in [5.41, 5.74) is -0.988. The third-order valence-electron chi connectivity index (χ3n) is 3.79. The number of hydrogen-bond donors (Lipinski definition) is 3. The highest BCUT2D eigenvalue weighted by molar-refractivity contribution is 6.04. The molecule has 2 amide bonds. The van der Waals surface area contributed by atoms with Crippen LogP contribution in [-0.2, 0) is 11.0 Å². The smallest absolute Gasteiger partial charge is 0.322 e. The van der Waals surface area contributed by atoms with Gasteiger partial charge < -0.3 is 10.6 Å². The molecule has 0 spiro atoms. The first-order valence-corrected chi connectivity index (χ1v) is 8.18. The number of benzene rings is 1. The van der Waals surface area contributed by atoms with Crippen molar-refractivity contribution >= 4 is 23.2 Å². The fraction of sp³-hybridized carbons (Fsp3) is 0.111. The topological polar surface area (TPSA) is 109 Å². The minimum Gasteiger partial charge on any atom is -0.322 e. The van der Waals surface area contributed by atoms with E-state index in [9.17, 15) is 27.6 Å². The van der Waals surface area contributed by atoms with Gasteiger partial charge in [0, 0.05) is 25.0 Å². The van der Waals surface area contributed by atoms with Gasteiger partial charge in [-0.05, 0) is 36.4 Å². The zero-order chi connectivity index (χ0) is 21.2. The van der Waals surface area contributed by atoms with Gasteiger partial charge in [0.2, 0.25) is 5.91 Å². The number of amides is 2. The van der Waals surface area contributed by atoms with E-state index in [1.165, 1.54) is 31.5 Å². The lowest BCUT2D eigenvalue weighted by Gasteiger charge is -2.09. The monoisotopic (exact) mass is 405 g/mol. The van der Waals surface area contributed by atoms with Crippen LogP contribution < -0.4 is 16.2 Å². The molecule has 3 rings (SSSR count). The number of anilines is 2. The Morgan fingerprint density at radius 3 is 2.31 bits per heavy atom. The van der Waals surface area contributed by atoms with Gasteiger partial charge in [-0.15, -0.1) is 0 Å². The largest absolute Gasteiger partial charge is 0.416 e. The Hall–Kier alpha value is -3.89. The van der Waals surface area contributed by atoms with E-state index in [0.29, 0.717) is 0 Å². The van der Waals surface area contributed by atoms with Crippen LogP contribution in [-0.4, -0.2) is 26.6 Å². The van der Waals surface area contributed by atoms with Crippen molar-refractivity contribution in [3.8, 4) is 5.82 Å². The van der Waals surface area contributed by atoms with Crippen LogP contribution in [0.25, 0.3) is 5.82 Å². The minimum atomic E-state index is -4.46. The van der Waals surface area contributed by atoms with Crippen LogP contribution in [0.5, 0.6) is 0 Å². The molecule has 8 nitrogen and oxygen atoms in total. The molecule has 150 valence electrons. The maximum atomic E-state index is 12.6. The van der Waals surface area contributed by atoms with Crippen molar-refractivity contribution in [1.82, 2.24) is 14.8 Å². The first kappa shape index (κ1) is 19.9. The van der Waals surface area contributed by atoms with Gasteiger partial charge in [0.25, 0.3) is 11.5 Å². The lowest BCUT2D eigenvalue weighted by molar-refractivity contribution is -0.137. The molecule has 1 aromatic carbocycles. The number of alkyl halides is 3. The van der Waals surface area contributed by atoms with Crippen molar-refractivity contribution in [2.45, 2.75) is 13.1 Å². The fourth-order valence-corrected chi connectivity index (χ4v) is 2.42. The highest BCUT2D eigenvalue weighted by Crippen LogP contribution is 2.29. The number of hydrogen-bond acceptors (Lipinski definition) is 4.